The molecular formula is C9H16BrNO3S. The first-order valence-corrected chi connectivity index (χ1v) is 7.65. The van der Waals surface area contributed by atoms with Gasteiger partial charge in [-0.05, 0) is 6.42 Å². The molecule has 1 saturated heterocycles. The maximum absolute atomic E-state index is 11.8. The van der Waals surface area contributed by atoms with Crippen LogP contribution < -0.4 is 0 Å². The molecule has 0 aromatic heterocycles. The number of sulfone groups is 1. The zero-order valence-electron chi connectivity index (χ0n) is 8.94. The van der Waals surface area contributed by atoms with Crippen LogP contribution in [0.25, 0.3) is 0 Å². The van der Waals surface area contributed by atoms with Crippen molar-refractivity contribution in [1.82, 2.24) is 4.90 Å². The average Bonchev–Trinajstić information content (AvgIpc) is 2.43. The van der Waals surface area contributed by atoms with E-state index in [2.05, 4.69) is 15.9 Å². The summed E-state index contributed by atoms with van der Waals surface area (Å²) in [7, 11) is -1.25. The number of carbonyl (C=O) groups excluding carboxylic acids is 1. The monoisotopic (exact) mass is 297 g/mol. The summed E-state index contributed by atoms with van der Waals surface area (Å²) >= 11 is 3.36. The lowest BCUT2D eigenvalue weighted by Crippen LogP contribution is -2.36. The zero-order valence-corrected chi connectivity index (χ0v) is 11.3. The first kappa shape index (κ1) is 13.0. The predicted octanol–water partition coefficient (Wildman–Crippen LogP) is 0.663. The molecule has 2 atom stereocenters. The van der Waals surface area contributed by atoms with Gasteiger partial charge in [0.25, 0.3) is 0 Å². The highest BCUT2D eigenvalue weighted by Crippen LogP contribution is 2.20. The van der Waals surface area contributed by atoms with Crippen LogP contribution in [-0.4, -0.2) is 49.2 Å². The Labute approximate surface area is 99.1 Å². The first-order chi connectivity index (χ1) is 6.82. The molecule has 15 heavy (non-hydrogen) atoms. The fraction of sp³-hybridized carbons (Fsp3) is 0.889. The molecule has 1 heterocycles. The van der Waals surface area contributed by atoms with Gasteiger partial charge in [-0.15, -0.1) is 0 Å². The molecule has 0 spiro atoms. The summed E-state index contributed by atoms with van der Waals surface area (Å²) < 4.78 is 22.4. The molecule has 0 aromatic carbocycles. The molecule has 0 radical (unpaired) electrons. The van der Waals surface area contributed by atoms with Gasteiger partial charge in [0.05, 0.1) is 17.4 Å². The van der Waals surface area contributed by atoms with Crippen molar-refractivity contribution in [2.75, 3.05) is 25.1 Å². The van der Waals surface area contributed by atoms with E-state index >= 15 is 0 Å². The summed E-state index contributed by atoms with van der Waals surface area (Å²) in [5.74, 6) is -0.206. The molecule has 1 aliphatic heterocycles. The van der Waals surface area contributed by atoms with Gasteiger partial charge < -0.3 is 4.90 Å². The molecule has 1 fully saturated rings. The number of carbonyl (C=O) groups is 1. The summed E-state index contributed by atoms with van der Waals surface area (Å²) in [4.78, 5) is 13.6. The number of nitrogens with zero attached hydrogens (tertiary/aromatic N) is 1. The van der Waals surface area contributed by atoms with Crippen molar-refractivity contribution >= 4 is 31.7 Å². The van der Waals surface area contributed by atoms with E-state index in [4.69, 9.17) is 0 Å². The highest BCUT2D eigenvalue weighted by atomic mass is 79.9. The van der Waals surface area contributed by atoms with E-state index < -0.39 is 9.84 Å². The molecule has 1 rings (SSSR count). The van der Waals surface area contributed by atoms with Gasteiger partial charge in [0.2, 0.25) is 5.91 Å². The fourth-order valence-corrected chi connectivity index (χ4v) is 3.94. The molecule has 0 aliphatic carbocycles. The second-order valence-corrected chi connectivity index (χ2v) is 7.89. The summed E-state index contributed by atoms with van der Waals surface area (Å²) in [5, 5.41) is 0. The van der Waals surface area contributed by atoms with Crippen molar-refractivity contribution in [2.45, 2.75) is 18.2 Å². The molecule has 0 saturated carbocycles. The number of rotatable bonds is 3. The third kappa shape index (κ3) is 3.75. The molecule has 2 unspecified atom stereocenters. The SMILES string of the molecule is CC(Br)CN(C)C(=O)C1CCS(=O)(=O)C1. The van der Waals surface area contributed by atoms with Crippen LogP contribution in [0.3, 0.4) is 0 Å². The Balaban J connectivity index is 2.55. The second-order valence-electron chi connectivity index (χ2n) is 4.10. The summed E-state index contributed by atoms with van der Waals surface area (Å²) in [6, 6.07) is 0. The van der Waals surface area contributed by atoms with Crippen molar-refractivity contribution in [3.05, 3.63) is 0 Å². The van der Waals surface area contributed by atoms with Gasteiger partial charge in [-0.1, -0.05) is 22.9 Å². The van der Waals surface area contributed by atoms with Crippen LogP contribution in [0.15, 0.2) is 0 Å². The lowest BCUT2D eigenvalue weighted by atomic mass is 10.1. The third-order valence-corrected chi connectivity index (χ3v) is 4.54. The Morgan fingerprint density at radius 1 is 1.60 bits per heavy atom. The normalized spacial score (nSPS) is 26.2. The number of halogens is 1. The molecule has 0 N–H and O–H groups in total. The first-order valence-electron chi connectivity index (χ1n) is 4.91. The Morgan fingerprint density at radius 2 is 2.20 bits per heavy atom. The third-order valence-electron chi connectivity index (χ3n) is 2.48. The van der Waals surface area contributed by atoms with Gasteiger partial charge in [-0.25, -0.2) is 8.42 Å². The van der Waals surface area contributed by atoms with Gasteiger partial charge >= 0.3 is 0 Å². The molecular weight excluding hydrogens is 282 g/mol. The summed E-state index contributed by atoms with van der Waals surface area (Å²) in [5.41, 5.74) is 0. The van der Waals surface area contributed by atoms with Gasteiger partial charge in [0.15, 0.2) is 9.84 Å². The minimum atomic E-state index is -2.96. The standard InChI is InChI=1S/C9H16BrNO3S/c1-7(10)5-11(2)9(12)8-3-4-15(13,14)6-8/h7-8H,3-6H2,1-2H3. The van der Waals surface area contributed by atoms with Crippen LogP contribution in [0.4, 0.5) is 0 Å². The smallest absolute Gasteiger partial charge is 0.226 e. The van der Waals surface area contributed by atoms with Crippen LogP contribution in [0.5, 0.6) is 0 Å². The topological polar surface area (TPSA) is 54.5 Å². The van der Waals surface area contributed by atoms with Gasteiger partial charge in [-0.3, -0.25) is 4.79 Å². The summed E-state index contributed by atoms with van der Waals surface area (Å²) in [6.07, 6.45) is 0.474. The van der Waals surface area contributed by atoms with Crippen LogP contribution >= 0.6 is 15.9 Å². The van der Waals surface area contributed by atoms with Crippen molar-refractivity contribution in [3.8, 4) is 0 Å². The molecule has 6 heteroatoms. The minimum Gasteiger partial charge on any atom is -0.344 e. The number of hydrogen-bond donors (Lipinski definition) is 0. The van der Waals surface area contributed by atoms with E-state index in [1.165, 1.54) is 0 Å². The van der Waals surface area contributed by atoms with Crippen molar-refractivity contribution in [1.29, 1.82) is 0 Å². The van der Waals surface area contributed by atoms with Crippen molar-refractivity contribution in [2.24, 2.45) is 5.92 Å². The predicted molar refractivity (Wildman–Crippen MR) is 62.8 cm³/mol. The molecule has 0 bridgehead atoms. The quantitative estimate of drug-likeness (QED) is 0.719. The Hall–Kier alpha value is -0.100. The number of hydrogen-bond acceptors (Lipinski definition) is 3. The zero-order chi connectivity index (χ0) is 11.6. The molecule has 0 aromatic rings. The van der Waals surface area contributed by atoms with Crippen molar-refractivity contribution < 1.29 is 13.2 Å². The lowest BCUT2D eigenvalue weighted by Gasteiger charge is -2.21. The van der Waals surface area contributed by atoms with Gasteiger partial charge in [0.1, 0.15) is 0 Å². The van der Waals surface area contributed by atoms with Crippen molar-refractivity contribution in [3.63, 3.8) is 0 Å². The lowest BCUT2D eigenvalue weighted by molar-refractivity contribution is -0.133. The molecule has 88 valence electrons. The largest absolute Gasteiger partial charge is 0.344 e. The van der Waals surface area contributed by atoms with Gasteiger partial charge in [0, 0.05) is 18.4 Å². The number of amides is 1. The average molecular weight is 298 g/mol. The second kappa shape index (κ2) is 4.82. The number of alkyl halides is 1. The molecule has 1 amide bonds. The van der Waals surface area contributed by atoms with E-state index in [-0.39, 0.29) is 28.2 Å². The Kier molecular flexibility index (Phi) is 4.17. The fourth-order valence-electron chi connectivity index (χ4n) is 1.77. The molecule has 4 nitrogen and oxygen atoms in total. The van der Waals surface area contributed by atoms with E-state index in [1.54, 1.807) is 11.9 Å². The molecule has 1 aliphatic rings. The van der Waals surface area contributed by atoms with E-state index in [0.29, 0.717) is 13.0 Å². The van der Waals surface area contributed by atoms with E-state index in [1.807, 2.05) is 6.92 Å². The Bertz CT molecular complexity index is 339. The summed E-state index contributed by atoms with van der Waals surface area (Å²) in [6.45, 7) is 2.56. The van der Waals surface area contributed by atoms with Crippen LogP contribution in [0.2, 0.25) is 0 Å². The maximum Gasteiger partial charge on any atom is 0.226 e. The van der Waals surface area contributed by atoms with Crippen LogP contribution in [-0.2, 0) is 14.6 Å². The van der Waals surface area contributed by atoms with Crippen LogP contribution in [0, 0.1) is 5.92 Å². The van der Waals surface area contributed by atoms with Gasteiger partial charge in [-0.2, -0.15) is 0 Å². The minimum absolute atomic E-state index is 0.0207. The highest BCUT2D eigenvalue weighted by molar-refractivity contribution is 9.09. The van der Waals surface area contributed by atoms with E-state index in [9.17, 15) is 13.2 Å². The Morgan fingerprint density at radius 3 is 2.60 bits per heavy atom. The van der Waals surface area contributed by atoms with Crippen LogP contribution in [0.1, 0.15) is 13.3 Å². The highest BCUT2D eigenvalue weighted by Gasteiger charge is 2.34. The maximum atomic E-state index is 11.8. The van der Waals surface area contributed by atoms with E-state index in [0.717, 1.165) is 0 Å².